The third-order valence-electron chi connectivity index (χ3n) is 8.96. The zero-order valence-corrected chi connectivity index (χ0v) is 29.5. The number of cyclic esters (lactones) is 1. The number of hydrogen-bond acceptors (Lipinski definition) is 5. The van der Waals surface area contributed by atoms with Gasteiger partial charge >= 0.3 is 5.97 Å². The first-order valence-electron chi connectivity index (χ1n) is 14.9. The third-order valence-corrected chi connectivity index (χ3v) is 17.8. The van der Waals surface area contributed by atoms with Crippen LogP contribution in [0, 0.1) is 5.92 Å². The first-order valence-corrected chi connectivity index (χ1v) is 20.7. The molecule has 1 heterocycles. The molecule has 0 radical (unpaired) electrons. The molecule has 0 unspecified atom stereocenters. The Hall–Kier alpha value is -2.66. The highest BCUT2D eigenvalue weighted by atomic mass is 28.4. The van der Waals surface area contributed by atoms with Gasteiger partial charge in [0.1, 0.15) is 17.4 Å². The Balaban J connectivity index is 2.58. The highest BCUT2D eigenvalue weighted by Gasteiger charge is 2.42. The number of rotatable bonds is 7. The summed E-state index contributed by atoms with van der Waals surface area (Å²) in [5, 5.41) is 3.07. The largest absolute Gasteiger partial charge is 0.543 e. The van der Waals surface area contributed by atoms with Gasteiger partial charge in [-0.1, -0.05) is 78.8 Å². The number of azide groups is 1. The molecule has 8 nitrogen and oxygen atoms in total. The van der Waals surface area contributed by atoms with Crippen LogP contribution < -0.4 is 4.43 Å². The van der Waals surface area contributed by atoms with E-state index in [2.05, 4.69) is 96.8 Å². The number of amides is 1. The van der Waals surface area contributed by atoms with Crippen molar-refractivity contribution in [2.24, 2.45) is 11.0 Å². The molecule has 1 aliphatic rings. The van der Waals surface area contributed by atoms with E-state index in [1.54, 1.807) is 6.08 Å². The number of ether oxygens (including phenoxy) is 1. The topological polar surface area (TPSA) is 111 Å². The molecule has 2 rings (SSSR count). The van der Waals surface area contributed by atoms with Crippen molar-refractivity contribution in [1.29, 1.82) is 0 Å². The molecule has 42 heavy (non-hydrogen) atoms. The van der Waals surface area contributed by atoms with E-state index < -0.39 is 34.6 Å². The minimum absolute atomic E-state index is 0.00890. The second-order valence-corrected chi connectivity index (χ2v) is 23.9. The van der Waals surface area contributed by atoms with Crippen LogP contribution in [0.15, 0.2) is 47.6 Å². The van der Waals surface area contributed by atoms with Crippen LogP contribution in [0.1, 0.15) is 83.7 Å². The fourth-order valence-corrected chi connectivity index (χ4v) is 6.64. The van der Waals surface area contributed by atoms with E-state index in [4.69, 9.17) is 19.1 Å². The number of nitrogens with zero attached hydrogens (tertiary/aromatic N) is 3. The Kier molecular flexibility index (Phi) is 12.0. The molecule has 1 aromatic rings. The average molecular weight is 614 g/mol. The Morgan fingerprint density at radius 3 is 2.33 bits per heavy atom. The summed E-state index contributed by atoms with van der Waals surface area (Å²) in [4.78, 5) is 28.4. The Labute approximate surface area is 254 Å². The summed E-state index contributed by atoms with van der Waals surface area (Å²) < 4.78 is 19.8. The summed E-state index contributed by atoms with van der Waals surface area (Å²) in [5.41, 5.74) is 9.89. The van der Waals surface area contributed by atoms with Crippen LogP contribution in [0.25, 0.3) is 10.4 Å². The molecule has 1 amide bonds. The number of carbonyl (C=O) groups is 2. The van der Waals surface area contributed by atoms with Gasteiger partial charge in [0.15, 0.2) is 8.32 Å². The minimum atomic E-state index is -2.26. The van der Waals surface area contributed by atoms with Crippen molar-refractivity contribution in [3.05, 3.63) is 64.1 Å². The van der Waals surface area contributed by atoms with Crippen LogP contribution in [0.4, 0.5) is 0 Å². The summed E-state index contributed by atoms with van der Waals surface area (Å²) in [5.74, 6) is -0.422. The quantitative estimate of drug-likeness (QED) is 0.0579. The van der Waals surface area contributed by atoms with Crippen LogP contribution in [-0.4, -0.2) is 40.7 Å². The third kappa shape index (κ3) is 9.69. The second-order valence-electron chi connectivity index (χ2n) is 14.4. The lowest BCUT2D eigenvalue weighted by Gasteiger charge is -2.41. The van der Waals surface area contributed by atoms with Gasteiger partial charge in [-0.2, -0.15) is 0 Å². The van der Waals surface area contributed by atoms with Crippen LogP contribution in [-0.2, 0) is 20.4 Å². The fourth-order valence-electron chi connectivity index (χ4n) is 4.18. The number of allylic oxidation sites excluding steroid dienone is 2. The van der Waals surface area contributed by atoms with Gasteiger partial charge in [-0.15, -0.1) is 0 Å². The van der Waals surface area contributed by atoms with Gasteiger partial charge in [-0.25, -0.2) is 4.79 Å². The molecule has 0 N–H and O–H groups in total. The van der Waals surface area contributed by atoms with Crippen molar-refractivity contribution < 1.29 is 23.2 Å². The molecule has 3 atom stereocenters. The smallest absolute Gasteiger partial charge is 0.342 e. The predicted octanol–water partition coefficient (Wildman–Crippen LogP) is 9.30. The zero-order valence-electron chi connectivity index (χ0n) is 27.5. The Morgan fingerprint density at radius 2 is 1.74 bits per heavy atom. The van der Waals surface area contributed by atoms with Gasteiger partial charge in [0, 0.05) is 17.8 Å². The van der Waals surface area contributed by atoms with Crippen molar-refractivity contribution >= 4 is 28.5 Å². The molecule has 0 saturated carbocycles. The van der Waals surface area contributed by atoms with Crippen LogP contribution in [0.2, 0.25) is 36.3 Å². The molecule has 0 fully saturated rings. The fraction of sp³-hybridized carbons (Fsp3) is 0.625. The Bertz CT molecular complexity index is 1220. The summed E-state index contributed by atoms with van der Waals surface area (Å²) in [6.45, 7) is 24.1. The molecule has 0 aliphatic carbocycles. The summed E-state index contributed by atoms with van der Waals surface area (Å²) in [7, 11) is -4.41. The van der Waals surface area contributed by atoms with Crippen molar-refractivity contribution in [3.63, 3.8) is 0 Å². The monoisotopic (exact) mass is 613 g/mol. The molecule has 0 bridgehead atoms. The molecule has 0 saturated heterocycles. The summed E-state index contributed by atoms with van der Waals surface area (Å²) in [6.07, 6.45) is 8.53. The minimum Gasteiger partial charge on any atom is -0.543 e. The lowest BCUT2D eigenvalue weighted by atomic mass is 9.93. The Morgan fingerprint density at radius 1 is 1.10 bits per heavy atom. The zero-order chi connectivity index (χ0) is 31.9. The number of esters is 1. The van der Waals surface area contributed by atoms with Gasteiger partial charge in [-0.3, -0.25) is 4.79 Å². The number of benzene rings is 1. The SMILES string of the molecule is C[C@H]1CC=CCc2cccc(O[Si](C)(C)C(C)(C)C)c2C(=O)O[C@@H](CC=CC(=O)N=[N+]=[N-])C[C@H]1O[Si](C)(C)C(C)(C)C. The van der Waals surface area contributed by atoms with Crippen LogP contribution in [0.3, 0.4) is 0 Å². The molecule has 1 aliphatic heterocycles. The maximum atomic E-state index is 14.0. The van der Waals surface area contributed by atoms with E-state index in [1.807, 2.05) is 18.2 Å². The predicted molar refractivity (Wildman–Crippen MR) is 175 cm³/mol. The number of carbonyl (C=O) groups excluding carboxylic acids is 2. The van der Waals surface area contributed by atoms with Crippen molar-refractivity contribution in [2.75, 3.05) is 0 Å². The van der Waals surface area contributed by atoms with E-state index in [9.17, 15) is 9.59 Å². The number of fused-ring (bicyclic) bond motifs is 1. The molecular weight excluding hydrogens is 563 g/mol. The summed E-state index contributed by atoms with van der Waals surface area (Å²) >= 11 is 0. The molecule has 0 aromatic heterocycles. The van der Waals surface area contributed by atoms with E-state index in [0.717, 1.165) is 12.0 Å². The highest BCUT2D eigenvalue weighted by Crippen LogP contribution is 2.41. The second kappa shape index (κ2) is 14.2. The van der Waals surface area contributed by atoms with Crippen LogP contribution >= 0.6 is 0 Å². The van der Waals surface area contributed by atoms with E-state index in [1.165, 1.54) is 6.08 Å². The lowest BCUT2D eigenvalue weighted by molar-refractivity contribution is -0.113. The number of hydrogen-bond donors (Lipinski definition) is 0. The van der Waals surface area contributed by atoms with Gasteiger partial charge in [0.05, 0.1) is 6.10 Å². The van der Waals surface area contributed by atoms with Gasteiger partial charge in [0.25, 0.3) is 8.32 Å². The van der Waals surface area contributed by atoms with Gasteiger partial charge in [0.2, 0.25) is 5.91 Å². The average Bonchev–Trinajstić information content (AvgIpc) is 2.83. The molecular formula is C32H51N3O5Si2. The first kappa shape index (κ1) is 35.5. The maximum Gasteiger partial charge on any atom is 0.342 e. The van der Waals surface area contributed by atoms with Crippen LogP contribution in [0.5, 0.6) is 5.75 Å². The normalized spacial score (nSPS) is 21.0. The first-order chi connectivity index (χ1) is 19.3. The van der Waals surface area contributed by atoms with E-state index in [-0.39, 0.29) is 28.5 Å². The highest BCUT2D eigenvalue weighted by molar-refractivity contribution is 6.75. The van der Waals surface area contributed by atoms with Gasteiger partial charge in [-0.05, 0) is 83.4 Å². The molecule has 0 spiro atoms. The van der Waals surface area contributed by atoms with Crippen molar-refractivity contribution in [2.45, 2.75) is 123 Å². The van der Waals surface area contributed by atoms with E-state index >= 15 is 0 Å². The van der Waals surface area contributed by atoms with Crippen molar-refractivity contribution in [1.82, 2.24) is 0 Å². The lowest BCUT2D eigenvalue weighted by Crippen LogP contribution is -2.46. The molecule has 232 valence electrons. The maximum absolute atomic E-state index is 14.0. The summed E-state index contributed by atoms with van der Waals surface area (Å²) in [6, 6.07) is 5.74. The van der Waals surface area contributed by atoms with E-state index in [0.29, 0.717) is 24.2 Å². The van der Waals surface area contributed by atoms with Crippen molar-refractivity contribution in [3.8, 4) is 5.75 Å². The standard InChI is InChI=1S/C32H51N3O5Si2/c1-23-16-12-13-17-24-18-14-20-26(39-41(8,9)31(2,3)4)29(24)30(37)38-25(19-15-21-28(36)34-35-33)22-27(23)40-42(10,11)32(5,6)7/h12-15,18,20-21,23,25,27H,16-17,19,22H2,1-11H3/t23-,25-,27+/m0/s1. The van der Waals surface area contributed by atoms with Gasteiger partial charge < -0.3 is 13.6 Å². The molecule has 10 heteroatoms. The molecule has 1 aromatic carbocycles.